The number of anilines is 2. The molecule has 1 unspecified atom stereocenters. The van der Waals surface area contributed by atoms with Crippen molar-refractivity contribution in [3.63, 3.8) is 0 Å². The SMILES string of the molecule is O=C1Nc2ccccc2C1c1nc(NC2CCCCC2)ncc1Cl. The van der Waals surface area contributed by atoms with Crippen molar-refractivity contribution in [1.82, 2.24) is 9.97 Å². The van der Waals surface area contributed by atoms with Crippen molar-refractivity contribution in [2.45, 2.75) is 44.1 Å². The second-order valence-electron chi connectivity index (χ2n) is 6.42. The average Bonchev–Trinajstić information content (AvgIpc) is 2.93. The number of benzene rings is 1. The number of carbonyl (C=O) groups is 1. The maximum absolute atomic E-state index is 12.4. The molecule has 6 heteroatoms. The standard InChI is InChI=1S/C18H19ClN4O/c19-13-10-20-18(21-11-6-2-1-3-7-11)23-16(13)15-12-8-4-5-9-14(12)22-17(15)24/h4-5,8-11,15H,1-3,6-7H2,(H,22,24)(H,20,21,23). The minimum atomic E-state index is -0.483. The highest BCUT2D eigenvalue weighted by Crippen LogP contribution is 2.38. The van der Waals surface area contributed by atoms with E-state index >= 15 is 0 Å². The molecule has 124 valence electrons. The molecule has 1 amide bonds. The summed E-state index contributed by atoms with van der Waals surface area (Å²) in [6.07, 6.45) is 7.61. The van der Waals surface area contributed by atoms with Gasteiger partial charge in [-0.15, -0.1) is 0 Å². The summed E-state index contributed by atoms with van der Waals surface area (Å²) in [7, 11) is 0. The Bertz CT molecular complexity index is 773. The molecule has 1 fully saturated rings. The molecular weight excluding hydrogens is 324 g/mol. The number of fused-ring (bicyclic) bond motifs is 1. The quantitative estimate of drug-likeness (QED) is 0.886. The van der Waals surface area contributed by atoms with Crippen molar-refractivity contribution in [1.29, 1.82) is 0 Å². The van der Waals surface area contributed by atoms with Crippen molar-refractivity contribution in [3.05, 3.63) is 46.7 Å². The molecule has 1 atom stereocenters. The van der Waals surface area contributed by atoms with E-state index in [1.807, 2.05) is 24.3 Å². The number of rotatable bonds is 3. The van der Waals surface area contributed by atoms with Gasteiger partial charge in [-0.3, -0.25) is 4.79 Å². The van der Waals surface area contributed by atoms with Crippen LogP contribution in [0.5, 0.6) is 0 Å². The van der Waals surface area contributed by atoms with Gasteiger partial charge in [0, 0.05) is 11.7 Å². The fourth-order valence-electron chi connectivity index (χ4n) is 3.56. The van der Waals surface area contributed by atoms with E-state index in [0.717, 1.165) is 24.1 Å². The molecule has 0 spiro atoms. The number of halogens is 1. The van der Waals surface area contributed by atoms with Gasteiger partial charge in [0.15, 0.2) is 0 Å². The van der Waals surface area contributed by atoms with Gasteiger partial charge in [0.25, 0.3) is 0 Å². The largest absolute Gasteiger partial charge is 0.351 e. The third kappa shape index (κ3) is 2.84. The van der Waals surface area contributed by atoms with Crippen LogP contribution in [0.3, 0.4) is 0 Å². The highest BCUT2D eigenvalue weighted by molar-refractivity contribution is 6.31. The normalized spacial score (nSPS) is 20.5. The van der Waals surface area contributed by atoms with Crippen molar-refractivity contribution in [2.24, 2.45) is 0 Å². The van der Waals surface area contributed by atoms with Crippen LogP contribution in [0.4, 0.5) is 11.6 Å². The molecule has 4 rings (SSSR count). The third-order valence-corrected chi connectivity index (χ3v) is 5.07. The predicted octanol–water partition coefficient (Wildman–Crippen LogP) is 3.96. The maximum Gasteiger partial charge on any atom is 0.238 e. The first-order valence-corrected chi connectivity index (χ1v) is 8.79. The van der Waals surface area contributed by atoms with Gasteiger partial charge < -0.3 is 10.6 Å². The summed E-state index contributed by atoms with van der Waals surface area (Å²) in [5.41, 5.74) is 2.29. The lowest BCUT2D eigenvalue weighted by atomic mass is 9.95. The molecule has 1 saturated carbocycles. The predicted molar refractivity (Wildman–Crippen MR) is 94.5 cm³/mol. The zero-order chi connectivity index (χ0) is 16.5. The summed E-state index contributed by atoms with van der Waals surface area (Å²) in [6, 6.07) is 8.05. The molecule has 0 saturated heterocycles. The Labute approximate surface area is 145 Å². The van der Waals surface area contributed by atoms with Gasteiger partial charge in [-0.05, 0) is 24.5 Å². The van der Waals surface area contributed by atoms with Gasteiger partial charge in [-0.1, -0.05) is 49.1 Å². The fourth-order valence-corrected chi connectivity index (χ4v) is 3.76. The average molecular weight is 343 g/mol. The Morgan fingerprint density at radius 2 is 1.96 bits per heavy atom. The summed E-state index contributed by atoms with van der Waals surface area (Å²) in [6.45, 7) is 0. The summed E-state index contributed by atoms with van der Waals surface area (Å²) in [5.74, 6) is -0.0255. The Kier molecular flexibility index (Phi) is 4.10. The maximum atomic E-state index is 12.4. The van der Waals surface area contributed by atoms with Crippen molar-refractivity contribution >= 4 is 29.1 Å². The smallest absolute Gasteiger partial charge is 0.238 e. The van der Waals surface area contributed by atoms with Crippen LogP contribution in [0.1, 0.15) is 49.3 Å². The molecule has 1 aromatic heterocycles. The number of nitrogens with zero attached hydrogens (tertiary/aromatic N) is 2. The van der Waals surface area contributed by atoms with Gasteiger partial charge in [0.1, 0.15) is 5.92 Å². The van der Waals surface area contributed by atoms with Crippen molar-refractivity contribution < 1.29 is 4.79 Å². The monoisotopic (exact) mass is 342 g/mol. The highest BCUT2D eigenvalue weighted by atomic mass is 35.5. The molecular formula is C18H19ClN4O. The fraction of sp³-hybridized carbons (Fsp3) is 0.389. The van der Waals surface area contributed by atoms with E-state index in [0.29, 0.717) is 22.7 Å². The number of hydrogen-bond donors (Lipinski definition) is 2. The molecule has 0 radical (unpaired) electrons. The van der Waals surface area contributed by atoms with Gasteiger partial charge in [0.2, 0.25) is 11.9 Å². The molecule has 2 heterocycles. The first-order chi connectivity index (χ1) is 11.7. The van der Waals surface area contributed by atoms with E-state index < -0.39 is 5.92 Å². The number of hydrogen-bond acceptors (Lipinski definition) is 4. The number of amides is 1. The lowest BCUT2D eigenvalue weighted by Gasteiger charge is -2.23. The van der Waals surface area contributed by atoms with E-state index in [9.17, 15) is 4.79 Å². The Morgan fingerprint density at radius 3 is 2.79 bits per heavy atom. The summed E-state index contributed by atoms with van der Waals surface area (Å²) in [4.78, 5) is 21.3. The highest BCUT2D eigenvalue weighted by Gasteiger charge is 2.34. The summed E-state index contributed by atoms with van der Waals surface area (Å²) < 4.78 is 0. The lowest BCUT2D eigenvalue weighted by Crippen LogP contribution is -2.24. The molecule has 2 N–H and O–H groups in total. The molecule has 24 heavy (non-hydrogen) atoms. The molecule has 1 aliphatic carbocycles. The van der Waals surface area contributed by atoms with Crippen LogP contribution in [0.2, 0.25) is 5.02 Å². The number of nitrogens with one attached hydrogen (secondary N) is 2. The Hall–Kier alpha value is -2.14. The molecule has 5 nitrogen and oxygen atoms in total. The van der Waals surface area contributed by atoms with E-state index in [2.05, 4.69) is 20.6 Å². The van der Waals surface area contributed by atoms with Crippen LogP contribution < -0.4 is 10.6 Å². The molecule has 1 aliphatic heterocycles. The van der Waals surface area contributed by atoms with Gasteiger partial charge in [0.05, 0.1) is 16.9 Å². The number of para-hydroxylation sites is 1. The van der Waals surface area contributed by atoms with Gasteiger partial charge in [-0.25, -0.2) is 9.97 Å². The first-order valence-electron chi connectivity index (χ1n) is 8.41. The number of carbonyl (C=O) groups excluding carboxylic acids is 1. The topological polar surface area (TPSA) is 66.9 Å². The third-order valence-electron chi connectivity index (χ3n) is 4.77. The zero-order valence-electron chi connectivity index (χ0n) is 13.3. The second kappa shape index (κ2) is 6.40. The van der Waals surface area contributed by atoms with Crippen LogP contribution in [0.15, 0.2) is 30.5 Å². The zero-order valence-corrected chi connectivity index (χ0v) is 14.0. The summed E-state index contributed by atoms with van der Waals surface area (Å²) >= 11 is 6.32. The molecule has 0 bridgehead atoms. The van der Waals surface area contributed by atoms with E-state index in [-0.39, 0.29) is 5.91 Å². The molecule has 1 aromatic carbocycles. The van der Waals surface area contributed by atoms with Crippen LogP contribution in [0.25, 0.3) is 0 Å². The van der Waals surface area contributed by atoms with Crippen LogP contribution in [-0.2, 0) is 4.79 Å². The van der Waals surface area contributed by atoms with Crippen LogP contribution in [0, 0.1) is 0 Å². The minimum Gasteiger partial charge on any atom is -0.351 e. The Morgan fingerprint density at radius 1 is 1.17 bits per heavy atom. The van der Waals surface area contributed by atoms with Crippen LogP contribution in [-0.4, -0.2) is 21.9 Å². The summed E-state index contributed by atoms with van der Waals surface area (Å²) in [5, 5.41) is 6.71. The first kappa shape index (κ1) is 15.4. The molecule has 2 aliphatic rings. The second-order valence-corrected chi connectivity index (χ2v) is 6.82. The van der Waals surface area contributed by atoms with Gasteiger partial charge in [-0.2, -0.15) is 0 Å². The van der Waals surface area contributed by atoms with E-state index in [1.165, 1.54) is 19.3 Å². The van der Waals surface area contributed by atoms with Crippen molar-refractivity contribution in [2.75, 3.05) is 10.6 Å². The minimum absolute atomic E-state index is 0.0968. The number of aromatic nitrogens is 2. The van der Waals surface area contributed by atoms with E-state index in [1.54, 1.807) is 6.20 Å². The molecule has 2 aromatic rings. The van der Waals surface area contributed by atoms with Crippen molar-refractivity contribution in [3.8, 4) is 0 Å². The Balaban J connectivity index is 1.65. The van der Waals surface area contributed by atoms with Crippen LogP contribution >= 0.6 is 11.6 Å². The van der Waals surface area contributed by atoms with E-state index in [4.69, 9.17) is 11.6 Å². The van der Waals surface area contributed by atoms with Gasteiger partial charge >= 0.3 is 0 Å². The lowest BCUT2D eigenvalue weighted by molar-refractivity contribution is -0.116.